The largest absolute Gasteiger partial charge is 0.493 e. The minimum atomic E-state index is -0.253. The maximum Gasteiger partial charge on any atom is 0.259 e. The molecule has 0 amide bonds. The predicted molar refractivity (Wildman–Crippen MR) is 109 cm³/mol. The molecule has 156 valence electrons. The van der Waals surface area contributed by atoms with Gasteiger partial charge in [0.25, 0.3) is 11.4 Å². The summed E-state index contributed by atoms with van der Waals surface area (Å²) in [6, 6.07) is 5.34. The number of rotatable bonds is 6. The number of hydrogen-bond acceptors (Lipinski definition) is 8. The van der Waals surface area contributed by atoms with Gasteiger partial charge in [0.15, 0.2) is 11.5 Å². The van der Waals surface area contributed by atoms with E-state index >= 15 is 0 Å². The molecule has 0 bridgehead atoms. The Hall–Kier alpha value is -3.59. The van der Waals surface area contributed by atoms with E-state index in [9.17, 15) is 4.79 Å². The summed E-state index contributed by atoms with van der Waals surface area (Å²) in [5, 5.41) is 3.94. The first kappa shape index (κ1) is 19.7. The van der Waals surface area contributed by atoms with Gasteiger partial charge in [0.2, 0.25) is 11.6 Å². The van der Waals surface area contributed by atoms with E-state index in [4.69, 9.17) is 23.5 Å². The van der Waals surface area contributed by atoms with Crippen LogP contribution >= 0.6 is 0 Å². The molecule has 9 heteroatoms. The van der Waals surface area contributed by atoms with Crippen molar-refractivity contribution in [3.05, 3.63) is 51.3 Å². The number of fused-ring (bicyclic) bond motifs is 1. The molecule has 30 heavy (non-hydrogen) atoms. The molecule has 3 heterocycles. The number of ether oxygens (including phenoxy) is 4. The van der Waals surface area contributed by atoms with Crippen LogP contribution in [0.3, 0.4) is 0 Å². The molecule has 0 fully saturated rings. The van der Waals surface area contributed by atoms with Crippen molar-refractivity contribution in [1.82, 2.24) is 15.1 Å². The van der Waals surface area contributed by atoms with E-state index in [2.05, 4.69) is 15.1 Å². The van der Waals surface area contributed by atoms with Crippen LogP contribution in [0.25, 0.3) is 23.5 Å². The van der Waals surface area contributed by atoms with Gasteiger partial charge in [0.1, 0.15) is 0 Å². The zero-order valence-corrected chi connectivity index (χ0v) is 16.9. The van der Waals surface area contributed by atoms with Crippen LogP contribution in [0.5, 0.6) is 17.2 Å². The van der Waals surface area contributed by atoms with Crippen molar-refractivity contribution in [3.63, 3.8) is 0 Å². The number of methoxy groups -OCH3 is 3. The van der Waals surface area contributed by atoms with E-state index in [1.54, 1.807) is 51.7 Å². The van der Waals surface area contributed by atoms with Crippen molar-refractivity contribution in [2.24, 2.45) is 0 Å². The van der Waals surface area contributed by atoms with Crippen LogP contribution in [0.2, 0.25) is 0 Å². The molecule has 2 aromatic heterocycles. The van der Waals surface area contributed by atoms with Crippen LogP contribution in [0.1, 0.15) is 22.7 Å². The van der Waals surface area contributed by atoms with E-state index < -0.39 is 0 Å². The number of nitrogens with one attached hydrogen (secondary N) is 1. The van der Waals surface area contributed by atoms with Gasteiger partial charge in [0, 0.05) is 18.2 Å². The van der Waals surface area contributed by atoms with Gasteiger partial charge in [-0.05, 0) is 35.4 Å². The molecule has 1 N–H and O–H groups in total. The zero-order valence-electron chi connectivity index (χ0n) is 16.9. The summed E-state index contributed by atoms with van der Waals surface area (Å²) in [6.45, 7) is 1.05. The molecular formula is C21H21N3O6. The van der Waals surface area contributed by atoms with Gasteiger partial charge in [-0.1, -0.05) is 5.16 Å². The number of hydrogen-bond donors (Lipinski definition) is 1. The smallest absolute Gasteiger partial charge is 0.259 e. The number of aromatic nitrogens is 3. The highest BCUT2D eigenvalue weighted by Gasteiger charge is 2.17. The van der Waals surface area contributed by atoms with Crippen LogP contribution < -0.4 is 19.8 Å². The average Bonchev–Trinajstić information content (AvgIpc) is 3.25. The number of benzene rings is 1. The van der Waals surface area contributed by atoms with E-state index in [1.807, 2.05) is 0 Å². The summed E-state index contributed by atoms with van der Waals surface area (Å²) in [6.07, 6.45) is 4.10. The summed E-state index contributed by atoms with van der Waals surface area (Å²) in [4.78, 5) is 19.6. The Morgan fingerprint density at radius 2 is 1.83 bits per heavy atom. The van der Waals surface area contributed by atoms with Crippen LogP contribution in [-0.4, -0.2) is 43.1 Å². The van der Waals surface area contributed by atoms with Gasteiger partial charge in [0.05, 0.1) is 40.1 Å². The Morgan fingerprint density at radius 1 is 1.07 bits per heavy atom. The predicted octanol–water partition coefficient (Wildman–Crippen LogP) is 2.69. The quantitative estimate of drug-likeness (QED) is 0.660. The molecule has 4 rings (SSSR count). The van der Waals surface area contributed by atoms with Gasteiger partial charge < -0.3 is 28.5 Å². The fourth-order valence-electron chi connectivity index (χ4n) is 3.26. The van der Waals surface area contributed by atoms with Crippen molar-refractivity contribution < 1.29 is 23.5 Å². The highest BCUT2D eigenvalue weighted by atomic mass is 16.5. The second-order valence-corrected chi connectivity index (χ2v) is 6.57. The molecule has 0 atom stereocenters. The van der Waals surface area contributed by atoms with Crippen molar-refractivity contribution in [2.75, 3.05) is 27.9 Å². The summed E-state index contributed by atoms with van der Waals surface area (Å²) >= 11 is 0. The van der Waals surface area contributed by atoms with Gasteiger partial charge >= 0.3 is 0 Å². The maximum absolute atomic E-state index is 12.4. The van der Waals surface area contributed by atoms with Gasteiger partial charge in [-0.15, -0.1) is 0 Å². The van der Waals surface area contributed by atoms with Gasteiger partial charge in [-0.25, -0.2) is 0 Å². The standard InChI is InChI=1S/C21H21N3O6/c1-26-16-8-12(9-17(27-2)19(16)28-3)4-5-18-23-20(24-30-18)14-10-13-11-29-7-6-15(13)22-21(14)25/h4-5,8-10H,6-7,11H2,1-3H3,(H,22,25)/b5-4+. The number of aromatic amines is 1. The summed E-state index contributed by atoms with van der Waals surface area (Å²) in [5.41, 5.74) is 2.69. The van der Waals surface area contributed by atoms with Crippen molar-refractivity contribution in [1.29, 1.82) is 0 Å². The summed E-state index contributed by atoms with van der Waals surface area (Å²) in [5.74, 6) is 2.05. The van der Waals surface area contributed by atoms with Crippen molar-refractivity contribution in [2.45, 2.75) is 13.0 Å². The molecular weight excluding hydrogens is 390 g/mol. The molecule has 1 aromatic carbocycles. The molecule has 0 saturated heterocycles. The minimum Gasteiger partial charge on any atom is -0.493 e. The van der Waals surface area contributed by atoms with Crippen molar-refractivity contribution in [3.8, 4) is 28.6 Å². The fraction of sp³-hybridized carbons (Fsp3) is 0.286. The minimum absolute atomic E-state index is 0.217. The first-order valence-corrected chi connectivity index (χ1v) is 9.28. The Labute approximate surface area is 172 Å². The van der Waals surface area contributed by atoms with Gasteiger partial charge in [-0.3, -0.25) is 4.79 Å². The highest BCUT2D eigenvalue weighted by molar-refractivity contribution is 5.71. The average molecular weight is 411 g/mol. The van der Waals surface area contributed by atoms with Crippen LogP contribution in [0.15, 0.2) is 27.5 Å². The third-order valence-electron chi connectivity index (χ3n) is 4.76. The molecule has 0 radical (unpaired) electrons. The molecule has 0 aliphatic carbocycles. The SMILES string of the molecule is COc1cc(/C=C/c2nc(-c3cc4c([nH]c3=O)CCOC4)no2)cc(OC)c1OC. The van der Waals surface area contributed by atoms with E-state index in [-0.39, 0.29) is 17.3 Å². The monoisotopic (exact) mass is 411 g/mol. The second kappa shape index (κ2) is 8.42. The molecule has 9 nitrogen and oxygen atoms in total. The highest BCUT2D eigenvalue weighted by Crippen LogP contribution is 2.38. The lowest BCUT2D eigenvalue weighted by Crippen LogP contribution is -2.19. The van der Waals surface area contributed by atoms with Crippen LogP contribution in [0, 0.1) is 0 Å². The molecule has 3 aromatic rings. The maximum atomic E-state index is 12.4. The van der Waals surface area contributed by atoms with E-state index in [0.717, 1.165) is 16.8 Å². The third kappa shape index (κ3) is 3.79. The Kier molecular flexibility index (Phi) is 5.53. The van der Waals surface area contributed by atoms with E-state index in [0.29, 0.717) is 42.4 Å². The molecule has 0 saturated carbocycles. The zero-order chi connectivity index (χ0) is 21.1. The Balaban J connectivity index is 1.61. The van der Waals surface area contributed by atoms with Crippen molar-refractivity contribution >= 4 is 12.2 Å². The third-order valence-corrected chi connectivity index (χ3v) is 4.76. The van der Waals surface area contributed by atoms with Gasteiger partial charge in [-0.2, -0.15) is 4.98 Å². The first-order valence-electron chi connectivity index (χ1n) is 9.28. The number of H-pyrrole nitrogens is 1. The molecule has 1 aliphatic heterocycles. The normalized spacial score (nSPS) is 13.3. The lowest BCUT2D eigenvalue weighted by Gasteiger charge is -2.15. The summed E-state index contributed by atoms with van der Waals surface area (Å²) in [7, 11) is 4.65. The second-order valence-electron chi connectivity index (χ2n) is 6.57. The van der Waals surface area contributed by atoms with Crippen LogP contribution in [0.4, 0.5) is 0 Å². The first-order chi connectivity index (χ1) is 14.6. The Bertz CT molecular complexity index is 1120. The molecule has 1 aliphatic rings. The molecule has 0 spiro atoms. The fourth-order valence-corrected chi connectivity index (χ4v) is 3.26. The van der Waals surface area contributed by atoms with E-state index in [1.165, 1.54) is 0 Å². The molecule has 0 unspecified atom stereocenters. The topological polar surface area (TPSA) is 109 Å². The lowest BCUT2D eigenvalue weighted by atomic mass is 10.1. The lowest BCUT2D eigenvalue weighted by molar-refractivity contribution is 0.109. The number of pyridine rings is 1. The Morgan fingerprint density at radius 3 is 2.53 bits per heavy atom. The number of nitrogens with zero attached hydrogens (tertiary/aromatic N) is 2. The van der Waals surface area contributed by atoms with Crippen LogP contribution in [-0.2, 0) is 17.8 Å². The summed E-state index contributed by atoms with van der Waals surface area (Å²) < 4.78 is 26.8.